The van der Waals surface area contributed by atoms with Gasteiger partial charge in [0, 0.05) is 19.0 Å². The lowest BCUT2D eigenvalue weighted by Crippen LogP contribution is -2.55. The Morgan fingerprint density at radius 3 is 2.14 bits per heavy atom. The highest BCUT2D eigenvalue weighted by Crippen LogP contribution is 2.31. The molecule has 11 heteroatoms. The number of halogens is 3. The quantitative estimate of drug-likeness (QED) is 0.163. The van der Waals surface area contributed by atoms with Crippen molar-refractivity contribution in [2.75, 3.05) is 6.61 Å². The van der Waals surface area contributed by atoms with Gasteiger partial charge < -0.3 is 20.1 Å². The minimum atomic E-state index is -1.74. The van der Waals surface area contributed by atoms with Crippen LogP contribution in [0.4, 0.5) is 4.79 Å². The summed E-state index contributed by atoms with van der Waals surface area (Å²) in [6, 6.07) is 17.1. The van der Waals surface area contributed by atoms with Crippen LogP contribution in [0, 0.1) is 0 Å². The summed E-state index contributed by atoms with van der Waals surface area (Å²) < 4.78 is 9.04. The summed E-state index contributed by atoms with van der Waals surface area (Å²) in [6.45, 7) is 9.25. The molecule has 2 aromatic carbocycles. The molecule has 1 fully saturated rings. The summed E-state index contributed by atoms with van der Waals surface area (Å²) in [5.41, 5.74) is 1.17. The van der Waals surface area contributed by atoms with E-state index in [9.17, 15) is 14.4 Å². The minimum Gasteiger partial charge on any atom is -0.458 e. The third-order valence-corrected chi connectivity index (χ3v) is 7.25. The van der Waals surface area contributed by atoms with Crippen molar-refractivity contribution in [2.24, 2.45) is 0 Å². The van der Waals surface area contributed by atoms with Gasteiger partial charge in [0.15, 0.2) is 0 Å². The van der Waals surface area contributed by atoms with Gasteiger partial charge in [0.05, 0.1) is 12.1 Å². The highest BCUT2D eigenvalue weighted by Gasteiger charge is 2.43. The lowest BCUT2D eigenvalue weighted by Gasteiger charge is -2.35. The van der Waals surface area contributed by atoms with E-state index in [0.29, 0.717) is 25.8 Å². The number of alkyl halides is 3. The molecule has 0 saturated carbocycles. The SMILES string of the molecule is C=CC[C@H](NC(=O)OCC(Cl)(Cl)Cl)[C@@H]1CC[C@@H](C(=O)N[C@@H](Cc2ccccc2)C(=O)OC(C)(C)C)N1Cc1ccccc1. The van der Waals surface area contributed by atoms with E-state index in [4.69, 9.17) is 44.3 Å². The zero-order valence-corrected chi connectivity index (χ0v) is 27.0. The Bertz CT molecular complexity index is 1220. The van der Waals surface area contributed by atoms with Gasteiger partial charge in [-0.1, -0.05) is 102 Å². The molecule has 1 aliphatic rings. The van der Waals surface area contributed by atoms with Crippen LogP contribution in [-0.4, -0.2) is 63.0 Å². The van der Waals surface area contributed by atoms with Crippen LogP contribution in [0.25, 0.3) is 0 Å². The molecule has 3 rings (SSSR count). The molecule has 234 valence electrons. The van der Waals surface area contributed by atoms with Crippen molar-refractivity contribution in [3.05, 3.63) is 84.4 Å². The number of hydrogen-bond acceptors (Lipinski definition) is 6. The Kier molecular flexibility index (Phi) is 12.8. The lowest BCUT2D eigenvalue weighted by molar-refractivity contribution is -0.159. The number of likely N-dealkylation sites (tertiary alicyclic amines) is 1. The average molecular weight is 653 g/mol. The second-order valence-electron chi connectivity index (χ2n) is 11.6. The highest BCUT2D eigenvalue weighted by atomic mass is 35.6. The zero-order chi connectivity index (χ0) is 31.6. The van der Waals surface area contributed by atoms with E-state index in [-0.39, 0.29) is 18.4 Å². The Morgan fingerprint density at radius 1 is 0.977 bits per heavy atom. The summed E-state index contributed by atoms with van der Waals surface area (Å²) in [6.07, 6.45) is 2.77. The molecule has 1 saturated heterocycles. The van der Waals surface area contributed by atoms with Crippen molar-refractivity contribution < 1.29 is 23.9 Å². The van der Waals surface area contributed by atoms with Crippen LogP contribution in [-0.2, 0) is 32.0 Å². The fourth-order valence-corrected chi connectivity index (χ4v) is 5.31. The van der Waals surface area contributed by atoms with Crippen molar-refractivity contribution in [2.45, 2.75) is 86.6 Å². The van der Waals surface area contributed by atoms with Gasteiger partial charge >= 0.3 is 12.1 Å². The number of amides is 2. The van der Waals surface area contributed by atoms with E-state index in [1.807, 2.05) is 60.7 Å². The largest absolute Gasteiger partial charge is 0.458 e. The molecule has 4 atom stereocenters. The number of esters is 1. The zero-order valence-electron chi connectivity index (χ0n) is 24.7. The number of nitrogens with one attached hydrogen (secondary N) is 2. The van der Waals surface area contributed by atoms with Gasteiger partial charge in [-0.3, -0.25) is 9.69 Å². The molecule has 43 heavy (non-hydrogen) atoms. The van der Waals surface area contributed by atoms with Gasteiger partial charge in [-0.2, -0.15) is 0 Å². The number of rotatable bonds is 12. The molecule has 0 bridgehead atoms. The molecule has 0 aromatic heterocycles. The molecule has 0 spiro atoms. The van der Waals surface area contributed by atoms with E-state index in [1.165, 1.54) is 0 Å². The van der Waals surface area contributed by atoms with E-state index in [2.05, 4.69) is 22.1 Å². The summed E-state index contributed by atoms with van der Waals surface area (Å²) in [5, 5.41) is 5.85. The number of alkyl carbamates (subject to hydrolysis) is 1. The summed E-state index contributed by atoms with van der Waals surface area (Å²) in [5.74, 6) is -0.793. The molecule has 0 radical (unpaired) electrons. The molecule has 0 unspecified atom stereocenters. The number of hydrogen-bond donors (Lipinski definition) is 2. The molecule has 2 aromatic rings. The Balaban J connectivity index is 1.85. The van der Waals surface area contributed by atoms with Crippen molar-refractivity contribution in [3.8, 4) is 0 Å². The number of carbonyl (C=O) groups is 3. The van der Waals surface area contributed by atoms with E-state index < -0.39 is 46.2 Å². The molecule has 0 aliphatic carbocycles. The molecular weight excluding hydrogens is 613 g/mol. The second-order valence-corrected chi connectivity index (χ2v) is 14.1. The Hall–Kier alpha value is -2.78. The van der Waals surface area contributed by atoms with Gasteiger partial charge in [-0.15, -0.1) is 6.58 Å². The summed E-state index contributed by atoms with van der Waals surface area (Å²) in [4.78, 5) is 41.9. The fraction of sp³-hybridized carbons (Fsp3) is 0.469. The van der Waals surface area contributed by atoms with Crippen LogP contribution >= 0.6 is 34.8 Å². The van der Waals surface area contributed by atoms with Crippen LogP contribution in [0.3, 0.4) is 0 Å². The minimum absolute atomic E-state index is 0.247. The van der Waals surface area contributed by atoms with E-state index >= 15 is 0 Å². The molecule has 2 amide bonds. The van der Waals surface area contributed by atoms with Crippen molar-refractivity contribution in [3.63, 3.8) is 0 Å². The maximum Gasteiger partial charge on any atom is 0.407 e. The first-order chi connectivity index (χ1) is 20.3. The monoisotopic (exact) mass is 651 g/mol. The van der Waals surface area contributed by atoms with Crippen molar-refractivity contribution >= 4 is 52.8 Å². The fourth-order valence-electron chi connectivity index (χ4n) is 5.14. The number of nitrogens with zero attached hydrogens (tertiary/aromatic N) is 1. The van der Waals surface area contributed by atoms with Crippen LogP contribution in [0.15, 0.2) is 73.3 Å². The van der Waals surface area contributed by atoms with Crippen molar-refractivity contribution in [1.82, 2.24) is 15.5 Å². The average Bonchev–Trinajstić information content (AvgIpc) is 3.34. The van der Waals surface area contributed by atoms with E-state index in [0.717, 1.165) is 11.1 Å². The molecule has 1 heterocycles. The number of carbonyl (C=O) groups excluding carboxylic acids is 3. The van der Waals surface area contributed by atoms with Gasteiger partial charge in [0.2, 0.25) is 9.70 Å². The molecular formula is C32H40Cl3N3O5. The normalized spacial score (nSPS) is 18.7. The highest BCUT2D eigenvalue weighted by molar-refractivity contribution is 6.67. The topological polar surface area (TPSA) is 97.0 Å². The Morgan fingerprint density at radius 2 is 1.58 bits per heavy atom. The summed E-state index contributed by atoms with van der Waals surface area (Å²) >= 11 is 17.2. The van der Waals surface area contributed by atoms with Crippen LogP contribution in [0.2, 0.25) is 0 Å². The molecule has 8 nitrogen and oxygen atoms in total. The molecule has 1 aliphatic heterocycles. The third-order valence-electron chi connectivity index (χ3n) is 6.92. The first-order valence-corrected chi connectivity index (χ1v) is 15.4. The van der Waals surface area contributed by atoms with Gasteiger partial charge in [-0.25, -0.2) is 9.59 Å². The predicted molar refractivity (Wildman–Crippen MR) is 170 cm³/mol. The van der Waals surface area contributed by atoms with Crippen LogP contribution in [0.5, 0.6) is 0 Å². The third kappa shape index (κ3) is 11.7. The summed E-state index contributed by atoms with van der Waals surface area (Å²) in [7, 11) is 0. The second kappa shape index (κ2) is 15.8. The molecule has 2 N–H and O–H groups in total. The van der Waals surface area contributed by atoms with Crippen LogP contribution < -0.4 is 10.6 Å². The maximum absolute atomic E-state index is 13.9. The van der Waals surface area contributed by atoms with Crippen molar-refractivity contribution in [1.29, 1.82) is 0 Å². The standard InChI is InChI=1S/C32H40Cl3N3O5/c1-5-12-24(37-30(41)42-21-32(33,34)35)26-17-18-27(38(26)20-23-15-10-7-11-16-23)28(39)36-25(29(40)43-31(2,3)4)19-22-13-8-6-9-14-22/h5-11,13-16,24-27H,1,12,17-21H2,2-4H3,(H,36,39)(H,37,41)/t24-,25-,26-,27-/m0/s1. The van der Waals surface area contributed by atoms with E-state index in [1.54, 1.807) is 26.8 Å². The van der Waals surface area contributed by atoms with Gasteiger partial charge in [0.25, 0.3) is 0 Å². The number of benzene rings is 2. The Labute approximate surface area is 269 Å². The smallest absolute Gasteiger partial charge is 0.407 e. The predicted octanol–water partition coefficient (Wildman–Crippen LogP) is 6.13. The number of ether oxygens (including phenoxy) is 2. The van der Waals surface area contributed by atoms with Crippen LogP contribution in [0.1, 0.15) is 51.2 Å². The van der Waals surface area contributed by atoms with Gasteiger partial charge in [-0.05, 0) is 51.2 Å². The first-order valence-electron chi connectivity index (χ1n) is 14.2. The lowest BCUT2D eigenvalue weighted by atomic mass is 10.0. The first kappa shape index (κ1) is 34.7. The maximum atomic E-state index is 13.9. The van der Waals surface area contributed by atoms with Gasteiger partial charge in [0.1, 0.15) is 18.2 Å².